The highest BCUT2D eigenvalue weighted by Crippen LogP contribution is 2.40. The molecule has 4 amide bonds. The summed E-state index contributed by atoms with van der Waals surface area (Å²) in [5, 5.41) is 2.15. The molecule has 1 N–H and O–H groups in total. The molecule has 0 unspecified atom stereocenters. The summed E-state index contributed by atoms with van der Waals surface area (Å²) in [4.78, 5) is 41.0. The maximum atomic E-state index is 14.3. The molecule has 2 aromatic rings. The lowest BCUT2D eigenvalue weighted by molar-refractivity contribution is -0.122. The van der Waals surface area contributed by atoms with E-state index in [1.54, 1.807) is 0 Å². The van der Waals surface area contributed by atoms with Crippen LogP contribution < -0.4 is 15.1 Å². The van der Waals surface area contributed by atoms with E-state index in [-0.39, 0.29) is 16.8 Å². The second-order valence-electron chi connectivity index (χ2n) is 8.86. The van der Waals surface area contributed by atoms with E-state index in [1.807, 2.05) is 19.9 Å². The van der Waals surface area contributed by atoms with Gasteiger partial charge in [0.2, 0.25) is 0 Å². The van der Waals surface area contributed by atoms with Gasteiger partial charge >= 0.3 is 6.03 Å². The monoisotopic (exact) mass is 447 g/mol. The van der Waals surface area contributed by atoms with Gasteiger partial charge in [0.25, 0.3) is 11.8 Å². The van der Waals surface area contributed by atoms with Crippen LogP contribution >= 0.6 is 0 Å². The van der Waals surface area contributed by atoms with Crippen LogP contribution in [-0.4, -0.2) is 29.9 Å². The lowest BCUT2D eigenvalue weighted by Gasteiger charge is -2.43. The Morgan fingerprint density at radius 3 is 2.42 bits per heavy atom. The molecule has 2 aliphatic heterocycles. The molecule has 1 saturated heterocycles. The molecule has 2 heterocycles. The van der Waals surface area contributed by atoms with Gasteiger partial charge in [0.1, 0.15) is 11.4 Å². The highest BCUT2D eigenvalue weighted by Gasteiger charge is 2.38. The number of halogens is 1. The number of hydrogen-bond donors (Lipinski definition) is 1. The summed E-state index contributed by atoms with van der Waals surface area (Å²) < 4.78 is 14.3. The van der Waals surface area contributed by atoms with E-state index in [1.165, 1.54) is 24.3 Å². The first-order chi connectivity index (χ1) is 15.5. The Balaban J connectivity index is 1.81. The fraction of sp³-hybridized carbons (Fsp3) is 0.269. The zero-order valence-electron chi connectivity index (χ0n) is 19.3. The van der Waals surface area contributed by atoms with E-state index < -0.39 is 23.7 Å². The average molecular weight is 448 g/mol. The first-order valence-electron chi connectivity index (χ1n) is 10.8. The molecule has 0 bridgehead atoms. The number of urea groups is 1. The van der Waals surface area contributed by atoms with Crippen LogP contribution in [0.15, 0.2) is 48.0 Å². The number of rotatable bonds is 3. The lowest BCUT2D eigenvalue weighted by Crippen LogP contribution is -2.54. The summed E-state index contributed by atoms with van der Waals surface area (Å²) in [7, 11) is 0. The molecule has 0 radical (unpaired) electrons. The van der Waals surface area contributed by atoms with Gasteiger partial charge in [-0.2, -0.15) is 0 Å². The minimum Gasteiger partial charge on any atom is -0.363 e. The number of nitrogens with zero attached hydrogens (tertiary/aromatic N) is 2. The fourth-order valence-electron chi connectivity index (χ4n) is 4.64. The van der Waals surface area contributed by atoms with Crippen molar-refractivity contribution in [1.29, 1.82) is 0 Å². The number of amides is 4. The molecular formula is C26H26FN3O3. The van der Waals surface area contributed by atoms with Gasteiger partial charge in [0.15, 0.2) is 0 Å². The molecule has 1 fully saturated rings. The maximum absolute atomic E-state index is 14.3. The number of imide groups is 2. The van der Waals surface area contributed by atoms with Crippen LogP contribution in [-0.2, 0) is 9.59 Å². The number of anilines is 2. The van der Waals surface area contributed by atoms with Crippen LogP contribution in [0.1, 0.15) is 44.4 Å². The van der Waals surface area contributed by atoms with Gasteiger partial charge in [-0.25, -0.2) is 14.1 Å². The average Bonchev–Trinajstić information content (AvgIpc) is 2.72. The Morgan fingerprint density at radius 2 is 1.76 bits per heavy atom. The number of allylic oxidation sites excluding steroid dienone is 1. The summed E-state index contributed by atoms with van der Waals surface area (Å²) in [6.45, 7) is 11.2. The molecule has 6 nitrogen and oxygen atoms in total. The van der Waals surface area contributed by atoms with Crippen LogP contribution in [0.5, 0.6) is 0 Å². The maximum Gasteiger partial charge on any atom is 0.336 e. The summed E-state index contributed by atoms with van der Waals surface area (Å²) >= 11 is 0. The van der Waals surface area contributed by atoms with Crippen LogP contribution in [0.3, 0.4) is 0 Å². The summed E-state index contributed by atoms with van der Waals surface area (Å²) in [6.07, 6.45) is 3.67. The summed E-state index contributed by atoms with van der Waals surface area (Å²) in [5.41, 5.74) is 4.17. The first kappa shape index (κ1) is 22.5. The number of benzene rings is 2. The van der Waals surface area contributed by atoms with E-state index in [0.717, 1.165) is 35.0 Å². The van der Waals surface area contributed by atoms with Crippen molar-refractivity contribution in [2.45, 2.75) is 40.2 Å². The van der Waals surface area contributed by atoms with Crippen molar-refractivity contribution >= 4 is 40.9 Å². The van der Waals surface area contributed by atoms with Gasteiger partial charge in [-0.1, -0.05) is 18.2 Å². The van der Waals surface area contributed by atoms with Gasteiger partial charge in [-0.3, -0.25) is 14.9 Å². The third-order valence-corrected chi connectivity index (χ3v) is 6.18. The molecule has 7 heteroatoms. The largest absolute Gasteiger partial charge is 0.363 e. The normalized spacial score (nSPS) is 18.9. The smallest absolute Gasteiger partial charge is 0.336 e. The van der Waals surface area contributed by atoms with Crippen LogP contribution in [0.2, 0.25) is 0 Å². The van der Waals surface area contributed by atoms with Gasteiger partial charge in [-0.05, 0) is 81.7 Å². The Labute approximate surface area is 192 Å². The zero-order chi connectivity index (χ0) is 24.1. The third kappa shape index (κ3) is 3.73. The van der Waals surface area contributed by atoms with Gasteiger partial charge in [0.05, 0.1) is 11.2 Å². The summed E-state index contributed by atoms with van der Waals surface area (Å²) in [5.74, 6) is -2.41. The van der Waals surface area contributed by atoms with Crippen molar-refractivity contribution in [2.24, 2.45) is 0 Å². The Morgan fingerprint density at radius 1 is 1.06 bits per heavy atom. The number of hydrogen-bond acceptors (Lipinski definition) is 4. The molecule has 0 aliphatic carbocycles. The molecular weight excluding hydrogens is 421 g/mol. The highest BCUT2D eigenvalue weighted by atomic mass is 19.1. The van der Waals surface area contributed by atoms with Crippen LogP contribution in [0.25, 0.3) is 11.6 Å². The van der Waals surface area contributed by atoms with Crippen LogP contribution in [0, 0.1) is 12.7 Å². The van der Waals surface area contributed by atoms with Gasteiger partial charge < -0.3 is 4.90 Å². The number of nitrogens with one attached hydrogen (secondary N) is 1. The Kier molecular flexibility index (Phi) is 5.44. The van der Waals surface area contributed by atoms with E-state index in [2.05, 4.69) is 43.1 Å². The molecule has 2 aromatic carbocycles. The van der Waals surface area contributed by atoms with Crippen molar-refractivity contribution in [3.8, 4) is 0 Å². The minimum atomic E-state index is -0.978. The van der Waals surface area contributed by atoms with Crippen molar-refractivity contribution in [3.05, 3.63) is 70.6 Å². The van der Waals surface area contributed by atoms with Gasteiger partial charge in [0, 0.05) is 17.8 Å². The van der Waals surface area contributed by atoms with E-state index in [0.29, 0.717) is 10.5 Å². The molecule has 0 spiro atoms. The molecule has 4 rings (SSSR count). The minimum absolute atomic E-state index is 0.141. The lowest BCUT2D eigenvalue weighted by atomic mass is 9.86. The quantitative estimate of drug-likeness (QED) is 0.541. The number of barbiturate groups is 1. The molecule has 170 valence electrons. The highest BCUT2D eigenvalue weighted by molar-refractivity contribution is 6.39. The molecule has 0 saturated carbocycles. The molecule has 2 aliphatic rings. The molecule has 33 heavy (non-hydrogen) atoms. The predicted octanol–water partition coefficient (Wildman–Crippen LogP) is 4.82. The zero-order valence-corrected chi connectivity index (χ0v) is 19.3. The van der Waals surface area contributed by atoms with Gasteiger partial charge in [-0.15, -0.1) is 0 Å². The SMILES string of the molecule is CCN1c2cc(C)c(/C=C3/C(=O)NC(=O)N(c4ccccc4F)C3=O)cc2C(C)=CC1(C)C. The van der Waals surface area contributed by atoms with Crippen molar-refractivity contribution < 1.29 is 18.8 Å². The topological polar surface area (TPSA) is 69.7 Å². The van der Waals surface area contributed by atoms with E-state index in [4.69, 9.17) is 0 Å². The van der Waals surface area contributed by atoms with Crippen molar-refractivity contribution in [2.75, 3.05) is 16.3 Å². The van der Waals surface area contributed by atoms with E-state index in [9.17, 15) is 18.8 Å². The van der Waals surface area contributed by atoms with Crippen LogP contribution in [0.4, 0.5) is 20.6 Å². The summed E-state index contributed by atoms with van der Waals surface area (Å²) in [6, 6.07) is 8.47. The Bertz CT molecular complexity index is 1260. The standard InChI is InChI=1S/C26H26FN3O3/c1-6-29-22-11-15(2)17(12-18(22)16(3)14-26(29,4)5)13-19-23(31)28-25(33)30(24(19)32)21-10-8-7-9-20(21)27/h7-14H,6H2,1-5H3,(H,28,31,33)/b19-13-. The second-order valence-corrected chi connectivity index (χ2v) is 8.86. The second kappa shape index (κ2) is 7.99. The molecule has 0 aromatic heterocycles. The number of para-hydroxylation sites is 1. The number of aryl methyl sites for hydroxylation is 1. The Hall–Kier alpha value is -3.74. The number of likely N-dealkylation sites (N-methyl/N-ethyl adjacent to an activating group) is 1. The third-order valence-electron chi connectivity index (χ3n) is 6.18. The van der Waals surface area contributed by atoms with Crippen molar-refractivity contribution in [1.82, 2.24) is 5.32 Å². The predicted molar refractivity (Wildman–Crippen MR) is 127 cm³/mol. The molecule has 0 atom stereocenters. The van der Waals surface area contributed by atoms with E-state index >= 15 is 0 Å². The number of fused-ring (bicyclic) bond motifs is 1. The number of carbonyl (C=O) groups is 3. The first-order valence-corrected chi connectivity index (χ1v) is 10.8. The fourth-order valence-corrected chi connectivity index (χ4v) is 4.64. The number of carbonyl (C=O) groups excluding carboxylic acids is 3. The van der Waals surface area contributed by atoms with Crippen molar-refractivity contribution in [3.63, 3.8) is 0 Å².